The van der Waals surface area contributed by atoms with E-state index in [0.29, 0.717) is 38.5 Å². The van der Waals surface area contributed by atoms with E-state index in [1.807, 2.05) is 0 Å². The average Bonchev–Trinajstić information content (AvgIpc) is 3.03. The minimum atomic E-state index is -5.07. The Morgan fingerprint density at radius 1 is 0.241 bits per heavy atom. The minimum Gasteiger partial charge on any atom is -0.684 e. The Morgan fingerprint density at radius 3 is 0.466 bits per heavy atom. The van der Waals surface area contributed by atoms with Gasteiger partial charge in [0.05, 0.1) is 21.2 Å². The second kappa shape index (κ2) is 24.3. The molecule has 4 aromatic rings. The van der Waals surface area contributed by atoms with E-state index in [0.717, 1.165) is 22.3 Å². The summed E-state index contributed by atoms with van der Waals surface area (Å²) in [5.41, 5.74) is -0.0109. The first-order chi connectivity index (χ1) is 23.1. The van der Waals surface area contributed by atoms with Crippen LogP contribution in [-0.4, -0.2) is 0 Å². The van der Waals surface area contributed by atoms with Crippen molar-refractivity contribution in [3.8, 4) is 0 Å². The van der Waals surface area contributed by atoms with Crippen LogP contribution in [0.25, 0.3) is 0 Å². The van der Waals surface area contributed by atoms with Gasteiger partial charge in [0.15, 0.2) is 0 Å². The zero-order chi connectivity index (χ0) is 36.2. The summed E-state index contributed by atoms with van der Waals surface area (Å²) >= 11 is 0. The fraction of sp³-hybridized carbons (Fsp3) is 0.294. The minimum absolute atomic E-state index is 0. The zero-order valence-corrected chi connectivity index (χ0v) is 53.7. The molecule has 0 radical (unpaired) electrons. The molecule has 24 heteroatoms. The predicted molar refractivity (Wildman–Crippen MR) is 166 cm³/mol. The third-order valence-corrected chi connectivity index (χ3v) is 15.0. The summed E-state index contributed by atoms with van der Waals surface area (Å²) in [4.78, 5) is 142. The molecule has 0 heterocycles. The maximum Gasteiger partial charge on any atom is 1.00 e. The molecule has 4 saturated carbocycles. The van der Waals surface area contributed by atoms with Crippen LogP contribution in [0, 0.1) is 0 Å². The Kier molecular flexibility index (Phi) is 27.7. The summed E-state index contributed by atoms with van der Waals surface area (Å²) in [5.74, 6) is 0. The largest absolute Gasteiger partial charge is 1.00 e. The van der Waals surface area contributed by atoms with Crippen LogP contribution in [0.2, 0.25) is 0 Å². The van der Waals surface area contributed by atoms with E-state index in [1.54, 1.807) is 48.5 Å². The van der Waals surface area contributed by atoms with Crippen LogP contribution in [0.5, 0.6) is 0 Å². The van der Waals surface area contributed by atoms with Crippen molar-refractivity contribution in [2.24, 2.45) is 0 Å². The van der Waals surface area contributed by atoms with E-state index in [4.69, 9.17) is 0 Å². The van der Waals surface area contributed by atoms with Gasteiger partial charge in [0, 0.05) is 0 Å². The summed E-state index contributed by atoms with van der Waals surface area (Å²) in [6, 6.07) is 23.0. The van der Waals surface area contributed by atoms with Gasteiger partial charge >= 0.3 is 236 Å². The van der Waals surface area contributed by atoms with Gasteiger partial charge in [-0.05, 0) is 131 Å². The molecule has 4 aliphatic rings. The third kappa shape index (κ3) is 13.7. The smallest absolute Gasteiger partial charge is 0.684 e. The van der Waals surface area contributed by atoms with Crippen molar-refractivity contribution in [3.63, 3.8) is 0 Å². The van der Waals surface area contributed by atoms with Crippen molar-refractivity contribution in [1.82, 2.24) is 0 Å². The molecule has 4 aliphatic carbocycles. The van der Waals surface area contributed by atoms with Gasteiger partial charge in [0.2, 0.25) is 0 Å². The Morgan fingerprint density at radius 2 is 0.362 bits per heavy atom. The molecule has 58 heavy (non-hydrogen) atoms. The number of benzene rings is 4. The van der Waals surface area contributed by atoms with Gasteiger partial charge in [-0.3, -0.25) is 0 Å². The van der Waals surface area contributed by atoms with Gasteiger partial charge in [-0.2, -0.15) is 0 Å². The molecule has 4 aromatic carbocycles. The fourth-order valence-corrected chi connectivity index (χ4v) is 11.9. The second-order valence-corrected chi connectivity index (χ2v) is 20.4. The van der Waals surface area contributed by atoms with Gasteiger partial charge in [0.25, 0.3) is 0 Å². The summed E-state index contributed by atoms with van der Waals surface area (Å²) in [7, 11) is -20.3. The van der Waals surface area contributed by atoms with Crippen LogP contribution in [0.3, 0.4) is 0 Å². The van der Waals surface area contributed by atoms with Crippen molar-refractivity contribution in [3.05, 3.63) is 119 Å². The molecule has 0 aromatic heterocycles. The molecule has 12 nitrogen and oxygen atoms in total. The van der Waals surface area contributed by atoms with Crippen LogP contribution in [0.15, 0.2) is 97.1 Å². The summed E-state index contributed by atoms with van der Waals surface area (Å²) < 4.78 is 0. The SMILES string of the molecule is [Na+].[Na+].[Na+].[Na+].[Na+].[Na+].[Na+].[Na+].[O-][P+]([O-])([O-])c1ccc(C23CC4(c5ccc([P+]([O-])([O-])[O-])cc5)CC(c5ccc([P+]([O-])([O-])[O-])cc5)(C2)CC(c2ccc([P+]([O-])([O-])[O-])cc2)(C3)C4)cc1. The van der Waals surface area contributed by atoms with Crippen molar-refractivity contribution < 1.29 is 295 Å². The quantitative estimate of drug-likeness (QED) is 0.118. The van der Waals surface area contributed by atoms with Gasteiger partial charge in [-0.15, -0.1) is 31.8 Å². The maximum absolute atomic E-state index is 11.9. The number of hydrogen-bond donors (Lipinski definition) is 0. The zero-order valence-electron chi connectivity index (χ0n) is 34.2. The summed E-state index contributed by atoms with van der Waals surface area (Å²) in [6.45, 7) is 0. The predicted octanol–water partition coefficient (Wildman–Crippen LogP) is -30.0. The van der Waals surface area contributed by atoms with E-state index >= 15 is 0 Å². The van der Waals surface area contributed by atoms with E-state index in [9.17, 15) is 58.7 Å². The molecule has 0 unspecified atom stereocenters. The van der Waals surface area contributed by atoms with Gasteiger partial charge in [0.1, 0.15) is 0 Å². The Bertz CT molecular complexity index is 1610. The Balaban J connectivity index is 0. The molecular weight excluding hydrogens is 908 g/mol. The van der Waals surface area contributed by atoms with Crippen LogP contribution in [-0.2, 0) is 21.7 Å². The molecule has 0 spiro atoms. The first-order valence-corrected chi connectivity index (χ1v) is 21.8. The van der Waals surface area contributed by atoms with E-state index < -0.39 is 53.4 Å². The summed E-state index contributed by atoms with van der Waals surface area (Å²) in [6.07, 6.45) is 2.94. The monoisotopic (exact) mass is 936 g/mol. The normalized spacial score (nSPS) is 24.3. The van der Waals surface area contributed by atoms with Gasteiger partial charge in [-0.1, -0.05) is 48.5 Å². The molecule has 4 fully saturated rings. The first kappa shape index (κ1) is 66.2. The molecule has 0 saturated heterocycles. The molecule has 0 amide bonds. The number of rotatable bonds is 8. The maximum atomic E-state index is 11.9. The van der Waals surface area contributed by atoms with Gasteiger partial charge < -0.3 is 58.7 Å². The molecule has 0 aliphatic heterocycles. The van der Waals surface area contributed by atoms with E-state index in [2.05, 4.69) is 0 Å². The molecular formula is C34H28Na8O12P4. The molecule has 8 rings (SSSR count). The van der Waals surface area contributed by atoms with Crippen LogP contribution in [0.1, 0.15) is 60.8 Å². The van der Waals surface area contributed by atoms with Crippen molar-refractivity contribution >= 4 is 53.0 Å². The van der Waals surface area contributed by atoms with Crippen molar-refractivity contribution in [2.45, 2.75) is 60.2 Å². The third-order valence-electron chi connectivity index (χ3n) is 11.2. The van der Waals surface area contributed by atoms with Gasteiger partial charge in [-0.25, -0.2) is 0 Å². The van der Waals surface area contributed by atoms with Crippen LogP contribution < -0.4 is 316 Å². The van der Waals surface area contributed by atoms with Crippen molar-refractivity contribution in [2.75, 3.05) is 0 Å². The molecule has 0 atom stereocenters. The van der Waals surface area contributed by atoms with Crippen LogP contribution in [0.4, 0.5) is 0 Å². The molecule has 4 bridgehead atoms. The molecule has 264 valence electrons. The van der Waals surface area contributed by atoms with E-state index in [-0.39, 0.29) is 258 Å². The topological polar surface area (TPSA) is 277 Å². The standard InChI is InChI=1S/C34H36O12P4.8Na/c35-47(36,37)27-9-1-23(2-10-27)31-17-32(24-3-11-28(12-4-24)48(38,39)40)20-33(18-31,25-5-13-29(14-6-25)49(41,42)43)22-34(19-31,21-32)26-7-15-30(16-8-26)50(44,45)46;;;;;;;;/h1-16H,17-22H2,(H2,35,36,37)(H2,38,39,40)(H2,41,42,43)(H2,44,45,46);;;;;;;;/q;8*+1/p-8. The summed E-state index contributed by atoms with van der Waals surface area (Å²) in [5, 5.41) is -1.53. The number of hydrogen-bond acceptors (Lipinski definition) is 12. The molecule has 0 N–H and O–H groups in total. The van der Waals surface area contributed by atoms with E-state index in [1.165, 1.54) is 48.5 Å². The first-order valence-electron chi connectivity index (χ1n) is 15.6. The second-order valence-electron chi connectivity index (χ2n) is 14.4. The average molecular weight is 936 g/mol. The Labute approximate surface area is 517 Å². The fourth-order valence-electron chi connectivity index (χ4n) is 9.85. The van der Waals surface area contributed by atoms with Crippen LogP contribution >= 0.6 is 31.8 Å². The van der Waals surface area contributed by atoms with Crippen molar-refractivity contribution in [1.29, 1.82) is 0 Å². The Hall–Kier alpha value is 6.12.